The van der Waals surface area contributed by atoms with Crippen LogP contribution in [0.2, 0.25) is 5.02 Å². The molecule has 3 rings (SSSR count). The number of nitrogens with zero attached hydrogens (tertiary/aromatic N) is 2. The van der Waals surface area contributed by atoms with E-state index in [1.54, 1.807) is 6.07 Å². The lowest BCUT2D eigenvalue weighted by Gasteiger charge is -2.37. The van der Waals surface area contributed by atoms with Gasteiger partial charge in [0.15, 0.2) is 0 Å². The third kappa shape index (κ3) is 2.15. The van der Waals surface area contributed by atoms with E-state index in [0.717, 1.165) is 18.5 Å². The summed E-state index contributed by atoms with van der Waals surface area (Å²) in [7, 11) is 0. The number of nitriles is 1. The second-order valence-corrected chi connectivity index (χ2v) is 5.57. The average molecular weight is 283 g/mol. The molecule has 0 saturated carbocycles. The van der Waals surface area contributed by atoms with Gasteiger partial charge in [0.05, 0.1) is 10.6 Å². The first-order chi connectivity index (χ1) is 9.70. The van der Waals surface area contributed by atoms with Crippen LogP contribution in [0.25, 0.3) is 0 Å². The lowest BCUT2D eigenvalue weighted by Crippen LogP contribution is -2.33. The molecule has 0 fully saturated rings. The quantitative estimate of drug-likeness (QED) is 0.759. The molecule has 2 aromatic rings. The van der Waals surface area contributed by atoms with E-state index < -0.39 is 0 Å². The summed E-state index contributed by atoms with van der Waals surface area (Å²) in [5, 5.41) is 9.50. The molecule has 0 amide bonds. The number of hydrogen-bond acceptors (Lipinski definition) is 2. The van der Waals surface area contributed by atoms with Gasteiger partial charge in [-0.05, 0) is 49.6 Å². The lowest BCUT2D eigenvalue weighted by atomic mass is 9.96. The minimum Gasteiger partial charge on any atom is -0.338 e. The largest absolute Gasteiger partial charge is 0.338 e. The third-order valence-corrected chi connectivity index (χ3v) is 4.19. The minimum atomic E-state index is 0.425. The SMILES string of the molecule is CC1CCc2ccccc2N1c1ccc(C#N)c(Cl)c1. The van der Waals surface area contributed by atoms with Gasteiger partial charge in [0.2, 0.25) is 0 Å². The van der Waals surface area contributed by atoms with Crippen LogP contribution in [0.1, 0.15) is 24.5 Å². The Morgan fingerprint density at radius 2 is 2.05 bits per heavy atom. The van der Waals surface area contributed by atoms with Crippen LogP contribution in [0.15, 0.2) is 42.5 Å². The Morgan fingerprint density at radius 3 is 2.80 bits per heavy atom. The van der Waals surface area contributed by atoms with Crippen molar-refractivity contribution >= 4 is 23.0 Å². The van der Waals surface area contributed by atoms with Gasteiger partial charge in [0.1, 0.15) is 6.07 Å². The Bertz CT molecular complexity index is 688. The molecule has 1 heterocycles. The molecular weight excluding hydrogens is 268 g/mol. The van der Waals surface area contributed by atoms with Crippen molar-refractivity contribution < 1.29 is 0 Å². The maximum Gasteiger partial charge on any atom is 0.101 e. The first-order valence-electron chi connectivity index (χ1n) is 6.77. The fraction of sp³-hybridized carbons (Fsp3) is 0.235. The van der Waals surface area contributed by atoms with Crippen LogP contribution >= 0.6 is 11.6 Å². The molecule has 3 heteroatoms. The minimum absolute atomic E-state index is 0.425. The molecule has 2 nitrogen and oxygen atoms in total. The molecule has 100 valence electrons. The highest BCUT2D eigenvalue weighted by Crippen LogP contribution is 2.37. The summed E-state index contributed by atoms with van der Waals surface area (Å²) in [5.41, 5.74) is 4.18. The van der Waals surface area contributed by atoms with Gasteiger partial charge in [-0.25, -0.2) is 0 Å². The number of para-hydroxylation sites is 1. The first kappa shape index (κ1) is 13.0. The van der Waals surface area contributed by atoms with Gasteiger partial charge in [-0.3, -0.25) is 0 Å². The van der Waals surface area contributed by atoms with Crippen molar-refractivity contribution in [1.82, 2.24) is 0 Å². The monoisotopic (exact) mass is 282 g/mol. The van der Waals surface area contributed by atoms with E-state index in [1.807, 2.05) is 12.1 Å². The van der Waals surface area contributed by atoms with Crippen LogP contribution in [-0.2, 0) is 6.42 Å². The molecular formula is C17H15ClN2. The fourth-order valence-electron chi connectivity index (χ4n) is 2.83. The summed E-state index contributed by atoms with van der Waals surface area (Å²) in [4.78, 5) is 2.31. The summed E-state index contributed by atoms with van der Waals surface area (Å²) in [5.74, 6) is 0. The van der Waals surface area contributed by atoms with Gasteiger partial charge in [-0.2, -0.15) is 5.26 Å². The Labute approximate surface area is 124 Å². The molecule has 0 spiro atoms. The zero-order valence-electron chi connectivity index (χ0n) is 11.3. The fourth-order valence-corrected chi connectivity index (χ4v) is 3.04. The number of aryl methyl sites for hydroxylation is 1. The second kappa shape index (κ2) is 5.19. The molecule has 0 radical (unpaired) electrons. The van der Waals surface area contributed by atoms with Crippen molar-refractivity contribution in [2.45, 2.75) is 25.8 Å². The summed E-state index contributed by atoms with van der Waals surface area (Å²) >= 11 is 6.17. The molecule has 0 N–H and O–H groups in total. The highest BCUT2D eigenvalue weighted by atomic mass is 35.5. The first-order valence-corrected chi connectivity index (χ1v) is 7.15. The summed E-state index contributed by atoms with van der Waals surface area (Å²) in [6, 6.07) is 16.7. The maximum atomic E-state index is 8.98. The third-order valence-electron chi connectivity index (χ3n) is 3.87. The van der Waals surface area contributed by atoms with Crippen molar-refractivity contribution in [3.05, 3.63) is 58.6 Å². The molecule has 1 aliphatic rings. The molecule has 20 heavy (non-hydrogen) atoms. The van der Waals surface area contributed by atoms with Crippen molar-refractivity contribution in [3.8, 4) is 6.07 Å². The molecule has 1 atom stereocenters. The van der Waals surface area contributed by atoms with Gasteiger partial charge in [-0.1, -0.05) is 29.8 Å². The van der Waals surface area contributed by atoms with Crippen molar-refractivity contribution in [2.75, 3.05) is 4.90 Å². The van der Waals surface area contributed by atoms with E-state index in [4.69, 9.17) is 16.9 Å². The molecule has 1 aliphatic heterocycles. The van der Waals surface area contributed by atoms with Gasteiger partial charge in [0.25, 0.3) is 0 Å². The molecule has 0 bridgehead atoms. The van der Waals surface area contributed by atoms with Crippen LogP contribution in [0.3, 0.4) is 0 Å². The summed E-state index contributed by atoms with van der Waals surface area (Å²) in [6.45, 7) is 2.22. The number of hydrogen-bond donors (Lipinski definition) is 0. The summed E-state index contributed by atoms with van der Waals surface area (Å²) in [6.07, 6.45) is 2.23. The molecule has 0 aliphatic carbocycles. The Balaban J connectivity index is 2.10. The standard InChI is InChI=1S/C17H15ClN2/c1-12-6-7-13-4-2-3-5-17(13)20(12)15-9-8-14(11-19)16(18)10-15/h2-5,8-10,12H,6-7H2,1H3. The number of rotatable bonds is 1. The topological polar surface area (TPSA) is 27.0 Å². The Kier molecular flexibility index (Phi) is 3.38. The Hall–Kier alpha value is -1.98. The van der Waals surface area contributed by atoms with Gasteiger partial charge >= 0.3 is 0 Å². The Morgan fingerprint density at radius 1 is 1.25 bits per heavy atom. The van der Waals surface area contributed by atoms with Gasteiger partial charge in [0, 0.05) is 17.4 Å². The van der Waals surface area contributed by atoms with E-state index in [2.05, 4.69) is 42.2 Å². The second-order valence-electron chi connectivity index (χ2n) is 5.16. The number of anilines is 2. The van der Waals surface area contributed by atoms with Crippen LogP contribution in [0.5, 0.6) is 0 Å². The van der Waals surface area contributed by atoms with Crippen molar-refractivity contribution in [3.63, 3.8) is 0 Å². The van der Waals surface area contributed by atoms with Crippen molar-refractivity contribution in [2.24, 2.45) is 0 Å². The van der Waals surface area contributed by atoms with Crippen molar-refractivity contribution in [1.29, 1.82) is 5.26 Å². The normalized spacial score (nSPS) is 17.4. The maximum absolute atomic E-state index is 8.98. The average Bonchev–Trinajstić information content (AvgIpc) is 2.47. The number of benzene rings is 2. The van der Waals surface area contributed by atoms with Gasteiger partial charge in [-0.15, -0.1) is 0 Å². The van der Waals surface area contributed by atoms with Crippen LogP contribution < -0.4 is 4.90 Å². The highest BCUT2D eigenvalue weighted by molar-refractivity contribution is 6.32. The predicted molar refractivity (Wildman–Crippen MR) is 82.5 cm³/mol. The highest BCUT2D eigenvalue weighted by Gasteiger charge is 2.24. The molecule has 0 saturated heterocycles. The van der Waals surface area contributed by atoms with E-state index in [0.29, 0.717) is 16.6 Å². The molecule has 0 aromatic heterocycles. The molecule has 1 unspecified atom stereocenters. The summed E-state index contributed by atoms with van der Waals surface area (Å²) < 4.78 is 0. The lowest BCUT2D eigenvalue weighted by molar-refractivity contribution is 0.618. The van der Waals surface area contributed by atoms with Crippen LogP contribution in [0, 0.1) is 11.3 Å². The predicted octanol–water partition coefficient (Wildman–Crippen LogP) is 4.68. The van der Waals surface area contributed by atoms with Crippen LogP contribution in [0.4, 0.5) is 11.4 Å². The van der Waals surface area contributed by atoms with E-state index >= 15 is 0 Å². The zero-order chi connectivity index (χ0) is 14.1. The zero-order valence-corrected chi connectivity index (χ0v) is 12.1. The van der Waals surface area contributed by atoms with Crippen LogP contribution in [-0.4, -0.2) is 6.04 Å². The number of fused-ring (bicyclic) bond motifs is 1. The number of halogens is 1. The van der Waals surface area contributed by atoms with E-state index in [9.17, 15) is 0 Å². The molecule has 2 aromatic carbocycles. The van der Waals surface area contributed by atoms with Gasteiger partial charge < -0.3 is 4.90 Å². The van der Waals surface area contributed by atoms with E-state index in [1.165, 1.54) is 11.3 Å². The smallest absolute Gasteiger partial charge is 0.101 e. The van der Waals surface area contributed by atoms with E-state index in [-0.39, 0.29) is 0 Å².